The molecule has 3 atom stereocenters. The first-order chi connectivity index (χ1) is 14.3. The van der Waals surface area contributed by atoms with Crippen LogP contribution in [-0.2, 0) is 20.0 Å². The highest BCUT2D eigenvalue weighted by Crippen LogP contribution is 2.59. The lowest BCUT2D eigenvalue weighted by atomic mass is 9.84. The van der Waals surface area contributed by atoms with Crippen LogP contribution in [0.5, 0.6) is 0 Å². The zero-order chi connectivity index (χ0) is 22.4. The lowest BCUT2D eigenvalue weighted by Crippen LogP contribution is -2.63. The highest BCUT2D eigenvalue weighted by Gasteiger charge is 2.62. The molecule has 1 saturated carbocycles. The molecule has 4 aliphatic rings. The molecule has 5 rings (SSSR count). The Morgan fingerprint density at radius 2 is 1.90 bits per heavy atom. The predicted octanol–water partition coefficient (Wildman–Crippen LogP) is 3.53. The summed E-state index contributed by atoms with van der Waals surface area (Å²) in [6.07, 6.45) is 1.94. The molecule has 1 aromatic heterocycles. The highest BCUT2D eigenvalue weighted by molar-refractivity contribution is 7.96. The van der Waals surface area contributed by atoms with Gasteiger partial charge >= 0.3 is 6.09 Å². The summed E-state index contributed by atoms with van der Waals surface area (Å²) in [5, 5.41) is 5.21. The maximum absolute atomic E-state index is 15.2. The van der Waals surface area contributed by atoms with Gasteiger partial charge in [0, 0.05) is 0 Å². The number of aromatic nitrogens is 1. The van der Waals surface area contributed by atoms with Gasteiger partial charge < -0.3 is 10.1 Å². The maximum Gasteiger partial charge on any atom is 0.414 e. The molecule has 1 amide bonds. The molecule has 3 aliphatic heterocycles. The number of alkyl carbamates (subject to hydrolysis) is 1. The van der Waals surface area contributed by atoms with Crippen LogP contribution in [0.1, 0.15) is 59.6 Å². The fourth-order valence-electron chi connectivity index (χ4n) is 4.98. The summed E-state index contributed by atoms with van der Waals surface area (Å²) in [6, 6.07) is 2.81. The smallest absolute Gasteiger partial charge is 0.414 e. The third kappa shape index (κ3) is 2.90. The lowest BCUT2D eigenvalue weighted by molar-refractivity contribution is 0.0623. The molecule has 0 aromatic carbocycles. The van der Waals surface area contributed by atoms with Crippen molar-refractivity contribution in [2.75, 3.05) is 11.9 Å². The first kappa shape index (κ1) is 20.7. The number of ether oxygens (including phenoxy) is 1. The molecule has 10 heteroatoms. The van der Waals surface area contributed by atoms with Crippen LogP contribution in [0.15, 0.2) is 21.5 Å². The van der Waals surface area contributed by atoms with E-state index in [1.165, 1.54) is 12.1 Å². The van der Waals surface area contributed by atoms with Crippen molar-refractivity contribution >= 4 is 27.5 Å². The molecular weight excluding hydrogens is 421 g/mol. The van der Waals surface area contributed by atoms with Crippen LogP contribution in [-0.4, -0.2) is 43.4 Å². The summed E-state index contributed by atoms with van der Waals surface area (Å²) in [7, 11) is -2.94. The van der Waals surface area contributed by atoms with Gasteiger partial charge in [0.05, 0.1) is 21.5 Å². The quantitative estimate of drug-likeness (QED) is 0.630. The van der Waals surface area contributed by atoms with Crippen molar-refractivity contribution in [3.63, 3.8) is 0 Å². The fourth-order valence-corrected chi connectivity index (χ4v) is 8.39. The molecule has 1 unspecified atom stereocenters. The summed E-state index contributed by atoms with van der Waals surface area (Å²) in [4.78, 5) is 22.1. The Morgan fingerprint density at radius 1 is 1.19 bits per heavy atom. The van der Waals surface area contributed by atoms with Gasteiger partial charge in [-0.3, -0.25) is 10.3 Å². The molecule has 31 heavy (non-hydrogen) atoms. The van der Waals surface area contributed by atoms with Gasteiger partial charge in [-0.1, -0.05) is 0 Å². The molecule has 0 radical (unpaired) electrons. The van der Waals surface area contributed by atoms with Gasteiger partial charge in [-0.05, 0) is 71.4 Å². The molecule has 1 spiro atoms. The molecule has 168 valence electrons. The average molecular weight is 450 g/mol. The Kier molecular flexibility index (Phi) is 3.97. The number of nitrogens with zero attached hydrogens (tertiary/aromatic N) is 3. The molecule has 4 heterocycles. The van der Waals surface area contributed by atoms with Crippen LogP contribution in [0.4, 0.5) is 15.0 Å². The molecule has 4 bridgehead atoms. The number of amidine groups is 1. The van der Waals surface area contributed by atoms with Crippen molar-refractivity contribution in [3.05, 3.63) is 23.6 Å². The number of carbonyl (C=O) groups excluding carboxylic acids is 1. The van der Waals surface area contributed by atoms with Gasteiger partial charge in [-0.25, -0.2) is 22.7 Å². The number of hydrogen-bond acceptors (Lipinski definition) is 7. The summed E-state index contributed by atoms with van der Waals surface area (Å²) in [5.74, 6) is -0.00216. The first-order valence-electron chi connectivity index (χ1n) is 10.6. The number of aliphatic imine (C=N–C) groups is 1. The van der Waals surface area contributed by atoms with Gasteiger partial charge in [0.1, 0.15) is 33.5 Å². The highest BCUT2D eigenvalue weighted by atomic mass is 32.2. The lowest BCUT2D eigenvalue weighted by Gasteiger charge is -2.49. The number of fused-ring (bicyclic) bond motifs is 6. The Balaban J connectivity index is 1.81. The minimum absolute atomic E-state index is 0.0184. The predicted molar refractivity (Wildman–Crippen MR) is 116 cm³/mol. The number of pyridine rings is 1. The molecule has 1 fully saturated rings. The molecule has 1 aromatic rings. The average Bonchev–Trinajstić information content (AvgIpc) is 3.42. The second-order valence-electron chi connectivity index (χ2n) is 10.3. The molecule has 0 saturated heterocycles. The van der Waals surface area contributed by atoms with Gasteiger partial charge in [0.15, 0.2) is 5.72 Å². The van der Waals surface area contributed by atoms with Crippen molar-refractivity contribution in [1.29, 1.82) is 0 Å². The van der Waals surface area contributed by atoms with E-state index >= 15 is 4.39 Å². The third-order valence-electron chi connectivity index (χ3n) is 7.15. The van der Waals surface area contributed by atoms with E-state index in [-0.39, 0.29) is 16.9 Å². The second kappa shape index (κ2) is 5.96. The van der Waals surface area contributed by atoms with Gasteiger partial charge in [-0.2, -0.15) is 0 Å². The van der Waals surface area contributed by atoms with Crippen molar-refractivity contribution < 1.29 is 18.1 Å². The fraction of sp³-hybridized carbons (Fsp3) is 0.667. The first-order valence-corrected chi connectivity index (χ1v) is 12.2. The van der Waals surface area contributed by atoms with E-state index in [1.807, 2.05) is 0 Å². The van der Waals surface area contributed by atoms with Crippen LogP contribution in [0.3, 0.4) is 0 Å². The van der Waals surface area contributed by atoms with E-state index in [0.717, 1.165) is 12.8 Å². The Bertz CT molecular complexity index is 1150. The third-order valence-corrected chi connectivity index (χ3v) is 10.7. The normalized spacial score (nSPS) is 36.4. The number of halogens is 1. The van der Waals surface area contributed by atoms with Crippen LogP contribution < -0.4 is 10.6 Å². The van der Waals surface area contributed by atoms with E-state index in [9.17, 15) is 9.00 Å². The van der Waals surface area contributed by atoms with Gasteiger partial charge in [-0.15, -0.1) is 0 Å². The van der Waals surface area contributed by atoms with Crippen molar-refractivity contribution in [1.82, 2.24) is 10.3 Å². The topological polar surface area (TPSA) is 105 Å². The number of amides is 1. The number of anilines is 1. The van der Waals surface area contributed by atoms with Crippen molar-refractivity contribution in [3.8, 4) is 0 Å². The Hall–Kier alpha value is -2.23. The zero-order valence-electron chi connectivity index (χ0n) is 18.4. The van der Waals surface area contributed by atoms with Crippen LogP contribution in [0.25, 0.3) is 0 Å². The molecule has 1 aliphatic carbocycles. The SMILES string of the molecule is CC1(C)Nc2ccc(F)c(n2)[C@@]2(C)N=C(NC(=O)O1)C(C)(C)S1(=O)=NCC3(CC3)C[C@@H]21. The summed E-state index contributed by atoms with van der Waals surface area (Å²) in [6.45, 7) is 9.17. The van der Waals surface area contributed by atoms with Crippen LogP contribution >= 0.6 is 0 Å². The Labute approximate surface area is 181 Å². The monoisotopic (exact) mass is 449 g/mol. The minimum Gasteiger partial charge on any atom is -0.423 e. The second-order valence-corrected chi connectivity index (χ2v) is 13.3. The van der Waals surface area contributed by atoms with Gasteiger partial charge in [0.2, 0.25) is 0 Å². The van der Waals surface area contributed by atoms with E-state index in [1.54, 1.807) is 34.6 Å². The number of cyclic esters (lactones) is 1. The van der Waals surface area contributed by atoms with Crippen LogP contribution in [0.2, 0.25) is 0 Å². The van der Waals surface area contributed by atoms with E-state index in [2.05, 4.69) is 15.6 Å². The number of rotatable bonds is 0. The molecular formula is C21H28FN5O3S. The van der Waals surface area contributed by atoms with E-state index in [0.29, 0.717) is 18.8 Å². The van der Waals surface area contributed by atoms with Crippen LogP contribution in [0, 0.1) is 11.2 Å². The standard InChI is InChI=1S/C21H28FN5O3S/c1-18(2)16-25-17(28)30-19(3,4)26-14-7-6-12(22)15(24-14)20(5,27-16)13-10-21(8-9-21)11-23-31(13,18)29/h6-7,13H,8-11H2,1-5H3,(H,24,26)(H,25,27,28)/t13-,20-,31?/m0/s1. The molecule has 8 nitrogen and oxygen atoms in total. The van der Waals surface area contributed by atoms with E-state index < -0.39 is 42.9 Å². The van der Waals surface area contributed by atoms with E-state index in [4.69, 9.17) is 14.1 Å². The number of hydrogen-bond donors (Lipinski definition) is 2. The Morgan fingerprint density at radius 3 is 2.58 bits per heavy atom. The number of carbonyl (C=O) groups is 1. The maximum atomic E-state index is 15.2. The summed E-state index contributed by atoms with van der Waals surface area (Å²) < 4.78 is 39.0. The van der Waals surface area contributed by atoms with Crippen molar-refractivity contribution in [2.24, 2.45) is 14.8 Å². The van der Waals surface area contributed by atoms with Gasteiger partial charge in [0.25, 0.3) is 0 Å². The summed E-state index contributed by atoms with van der Waals surface area (Å²) >= 11 is 0. The van der Waals surface area contributed by atoms with Crippen molar-refractivity contribution in [2.45, 2.75) is 75.1 Å². The zero-order valence-corrected chi connectivity index (χ0v) is 19.2. The minimum atomic E-state index is -2.94. The largest absolute Gasteiger partial charge is 0.423 e. The summed E-state index contributed by atoms with van der Waals surface area (Å²) in [5.41, 5.74) is -2.26. The molecule has 2 N–H and O–H groups in total. The number of nitrogens with one attached hydrogen (secondary N) is 2.